The molecule has 0 aliphatic carbocycles. The lowest BCUT2D eigenvalue weighted by atomic mass is 10.1. The highest BCUT2D eigenvalue weighted by molar-refractivity contribution is 6.12. The van der Waals surface area contributed by atoms with E-state index in [4.69, 9.17) is 0 Å². The lowest BCUT2D eigenvalue weighted by Crippen LogP contribution is -1.98. The second-order valence-electron chi connectivity index (χ2n) is 8.41. The molecule has 0 saturated heterocycles. The normalized spacial score (nSPS) is 11.8. The van der Waals surface area contributed by atoms with Gasteiger partial charge in [-0.05, 0) is 48.5 Å². The van der Waals surface area contributed by atoms with Gasteiger partial charge >= 0.3 is 0 Å². The van der Waals surface area contributed by atoms with Crippen molar-refractivity contribution in [3.63, 3.8) is 0 Å². The maximum Gasteiger partial charge on any atom is 0.125 e. The Balaban J connectivity index is 1.56. The van der Waals surface area contributed by atoms with Crippen LogP contribution in [0, 0.1) is 0 Å². The van der Waals surface area contributed by atoms with E-state index in [0.29, 0.717) is 5.75 Å². The van der Waals surface area contributed by atoms with Crippen molar-refractivity contribution in [2.75, 3.05) is 0 Å². The summed E-state index contributed by atoms with van der Waals surface area (Å²) in [7, 11) is 0. The highest BCUT2D eigenvalue weighted by Gasteiger charge is 2.16. The van der Waals surface area contributed by atoms with Crippen LogP contribution in [0.15, 0.2) is 115 Å². The standard InChI is InChI=1S/C30H20N2O/c33-29-18-8-17-28-30(29)24-13-3-6-16-27(24)32(28)21-10-7-9-20(19-21)31-25-14-4-1-11-22(25)23-12-2-5-15-26(23)31/h1-19,33H. The molecule has 0 aliphatic rings. The molecule has 0 spiro atoms. The first-order valence-corrected chi connectivity index (χ1v) is 11.1. The van der Waals surface area contributed by atoms with Gasteiger partial charge in [0.15, 0.2) is 0 Å². The molecule has 0 bridgehead atoms. The summed E-state index contributed by atoms with van der Waals surface area (Å²) >= 11 is 0. The molecule has 0 aliphatic heterocycles. The van der Waals surface area contributed by atoms with Crippen LogP contribution in [0.4, 0.5) is 0 Å². The van der Waals surface area contributed by atoms with Crippen molar-refractivity contribution in [3.8, 4) is 17.1 Å². The minimum absolute atomic E-state index is 0.306. The lowest BCUT2D eigenvalue weighted by Gasteiger charge is -2.12. The third kappa shape index (κ3) is 2.50. The van der Waals surface area contributed by atoms with Crippen molar-refractivity contribution in [2.24, 2.45) is 0 Å². The SMILES string of the molecule is Oc1cccc2c1c1ccccc1n2-c1cccc(-n2c3ccccc3c3ccccc32)c1. The number of benzene rings is 5. The molecule has 0 atom stereocenters. The molecular formula is C30H20N2O. The smallest absolute Gasteiger partial charge is 0.125 e. The highest BCUT2D eigenvalue weighted by atomic mass is 16.3. The number of hydrogen-bond donors (Lipinski definition) is 1. The van der Waals surface area contributed by atoms with Gasteiger partial charge in [0.25, 0.3) is 0 Å². The third-order valence-corrected chi connectivity index (χ3v) is 6.60. The largest absolute Gasteiger partial charge is 0.507 e. The summed E-state index contributed by atoms with van der Waals surface area (Å²) in [5.41, 5.74) is 6.62. The van der Waals surface area contributed by atoms with Gasteiger partial charge in [-0.3, -0.25) is 0 Å². The molecule has 0 amide bonds. The molecule has 0 radical (unpaired) electrons. The number of phenols is 1. The zero-order chi connectivity index (χ0) is 21.9. The first-order valence-electron chi connectivity index (χ1n) is 11.1. The molecule has 1 N–H and O–H groups in total. The second kappa shape index (κ2) is 6.75. The number of para-hydroxylation sites is 3. The van der Waals surface area contributed by atoms with Gasteiger partial charge in [-0.15, -0.1) is 0 Å². The molecule has 0 saturated carbocycles. The van der Waals surface area contributed by atoms with Crippen LogP contribution in [-0.4, -0.2) is 14.2 Å². The van der Waals surface area contributed by atoms with Gasteiger partial charge in [-0.1, -0.05) is 66.7 Å². The molecular weight excluding hydrogens is 404 g/mol. The minimum atomic E-state index is 0.306. The summed E-state index contributed by atoms with van der Waals surface area (Å²) in [6.07, 6.45) is 0. The Bertz CT molecular complexity index is 1780. The second-order valence-corrected chi connectivity index (χ2v) is 8.41. The lowest BCUT2D eigenvalue weighted by molar-refractivity contribution is 0.482. The van der Waals surface area contributed by atoms with Gasteiger partial charge in [0.1, 0.15) is 5.75 Å². The zero-order valence-electron chi connectivity index (χ0n) is 17.8. The summed E-state index contributed by atoms with van der Waals surface area (Å²) in [4.78, 5) is 0. The Hall–Kier alpha value is -4.50. The van der Waals surface area contributed by atoms with E-state index >= 15 is 0 Å². The van der Waals surface area contributed by atoms with Gasteiger partial charge in [0.2, 0.25) is 0 Å². The molecule has 7 aromatic rings. The number of aromatic hydroxyl groups is 1. The molecule has 33 heavy (non-hydrogen) atoms. The fourth-order valence-corrected chi connectivity index (χ4v) is 5.25. The van der Waals surface area contributed by atoms with Crippen LogP contribution in [-0.2, 0) is 0 Å². The fourth-order valence-electron chi connectivity index (χ4n) is 5.25. The van der Waals surface area contributed by atoms with Crippen molar-refractivity contribution in [3.05, 3.63) is 115 Å². The summed E-state index contributed by atoms with van der Waals surface area (Å²) in [5.74, 6) is 0.306. The van der Waals surface area contributed by atoms with Crippen LogP contribution in [0.1, 0.15) is 0 Å². The van der Waals surface area contributed by atoms with E-state index in [0.717, 1.165) is 33.2 Å². The maximum absolute atomic E-state index is 10.7. The van der Waals surface area contributed by atoms with Crippen molar-refractivity contribution in [2.45, 2.75) is 0 Å². The molecule has 7 rings (SSSR count). The Kier molecular flexibility index (Phi) is 3.70. The molecule has 0 fully saturated rings. The van der Waals surface area contributed by atoms with Gasteiger partial charge in [0, 0.05) is 32.9 Å². The molecule has 2 aromatic heterocycles. The first-order chi connectivity index (χ1) is 16.3. The van der Waals surface area contributed by atoms with Crippen LogP contribution in [0.3, 0.4) is 0 Å². The molecule has 156 valence electrons. The zero-order valence-corrected chi connectivity index (χ0v) is 17.8. The maximum atomic E-state index is 10.7. The number of nitrogens with zero attached hydrogens (tertiary/aromatic N) is 2. The predicted molar refractivity (Wildman–Crippen MR) is 137 cm³/mol. The van der Waals surface area contributed by atoms with Crippen molar-refractivity contribution < 1.29 is 5.11 Å². The predicted octanol–water partition coefficient (Wildman–Crippen LogP) is 7.59. The molecule has 2 heterocycles. The fraction of sp³-hybridized carbons (Fsp3) is 0. The van der Waals surface area contributed by atoms with E-state index in [1.54, 1.807) is 6.07 Å². The van der Waals surface area contributed by atoms with Gasteiger partial charge < -0.3 is 14.2 Å². The summed E-state index contributed by atoms with van der Waals surface area (Å²) < 4.78 is 4.57. The van der Waals surface area contributed by atoms with E-state index in [-0.39, 0.29) is 0 Å². The minimum Gasteiger partial charge on any atom is -0.507 e. The summed E-state index contributed by atoms with van der Waals surface area (Å²) in [5, 5.41) is 15.1. The monoisotopic (exact) mass is 424 g/mol. The van der Waals surface area contributed by atoms with Crippen molar-refractivity contribution in [1.82, 2.24) is 9.13 Å². The van der Waals surface area contributed by atoms with Crippen LogP contribution in [0.25, 0.3) is 55.0 Å². The first kappa shape index (κ1) is 18.1. The van der Waals surface area contributed by atoms with Crippen molar-refractivity contribution >= 4 is 43.6 Å². The van der Waals surface area contributed by atoms with Gasteiger partial charge in [-0.25, -0.2) is 0 Å². The Labute approximate surface area is 190 Å². The Morgan fingerprint density at radius 1 is 0.424 bits per heavy atom. The van der Waals surface area contributed by atoms with Crippen LogP contribution in [0.2, 0.25) is 0 Å². The Morgan fingerprint density at radius 2 is 0.879 bits per heavy atom. The van der Waals surface area contributed by atoms with Crippen molar-refractivity contribution in [1.29, 1.82) is 0 Å². The van der Waals surface area contributed by atoms with Gasteiger partial charge in [-0.2, -0.15) is 0 Å². The molecule has 3 nitrogen and oxygen atoms in total. The van der Waals surface area contributed by atoms with Crippen LogP contribution < -0.4 is 0 Å². The van der Waals surface area contributed by atoms with Crippen LogP contribution >= 0.6 is 0 Å². The topological polar surface area (TPSA) is 30.1 Å². The van der Waals surface area contributed by atoms with Crippen LogP contribution in [0.5, 0.6) is 5.75 Å². The van der Waals surface area contributed by atoms with Gasteiger partial charge in [0.05, 0.1) is 22.1 Å². The number of aromatic nitrogens is 2. The quantitative estimate of drug-likeness (QED) is 0.304. The summed E-state index contributed by atoms with van der Waals surface area (Å²) in [6.45, 7) is 0. The molecule has 5 aromatic carbocycles. The van der Waals surface area contributed by atoms with E-state index in [2.05, 4.69) is 100 Å². The van der Waals surface area contributed by atoms with E-state index < -0.39 is 0 Å². The third-order valence-electron chi connectivity index (χ3n) is 6.60. The molecule has 0 unspecified atom stereocenters. The summed E-state index contributed by atoms with van der Waals surface area (Å²) in [6, 6.07) is 39.7. The number of phenolic OH excluding ortho intramolecular Hbond substituents is 1. The number of hydrogen-bond acceptors (Lipinski definition) is 1. The van der Waals surface area contributed by atoms with E-state index in [1.165, 1.54) is 21.8 Å². The average Bonchev–Trinajstić information content (AvgIpc) is 3.38. The van der Waals surface area contributed by atoms with E-state index in [1.807, 2.05) is 18.2 Å². The van der Waals surface area contributed by atoms with E-state index in [9.17, 15) is 5.11 Å². The molecule has 3 heteroatoms. The highest BCUT2D eigenvalue weighted by Crippen LogP contribution is 2.38. The average molecular weight is 425 g/mol. The number of rotatable bonds is 2. The Morgan fingerprint density at radius 3 is 1.52 bits per heavy atom. The number of fused-ring (bicyclic) bond motifs is 6.